The van der Waals surface area contributed by atoms with Crippen molar-refractivity contribution < 1.29 is 9.53 Å². The molecule has 0 atom stereocenters. The van der Waals surface area contributed by atoms with Crippen LogP contribution in [0.25, 0.3) is 6.08 Å². The molecule has 5 heteroatoms. The number of hydrogen-bond donors (Lipinski definition) is 0. The third-order valence-corrected chi connectivity index (χ3v) is 3.43. The monoisotopic (exact) mass is 328 g/mol. The lowest BCUT2D eigenvalue weighted by Gasteiger charge is -2.01. The van der Waals surface area contributed by atoms with Gasteiger partial charge in [-0.05, 0) is 51.8 Å². The van der Waals surface area contributed by atoms with Crippen LogP contribution in [-0.2, 0) is 9.53 Å². The Bertz CT molecular complexity index is 724. The first-order valence-electron chi connectivity index (χ1n) is 5.91. The lowest BCUT2D eigenvalue weighted by atomic mass is 10.2. The Morgan fingerprint density at radius 3 is 2.60 bits per heavy atom. The molecular weight excluding hydrogens is 320 g/mol. The van der Waals surface area contributed by atoms with Crippen molar-refractivity contribution in [2.24, 2.45) is 4.99 Å². The van der Waals surface area contributed by atoms with E-state index in [1.807, 2.05) is 24.3 Å². The van der Waals surface area contributed by atoms with E-state index in [1.54, 1.807) is 30.6 Å². The van der Waals surface area contributed by atoms with Gasteiger partial charge in [-0.15, -0.1) is 0 Å². The van der Waals surface area contributed by atoms with Crippen LogP contribution < -0.4 is 0 Å². The van der Waals surface area contributed by atoms with Crippen molar-refractivity contribution >= 4 is 33.9 Å². The van der Waals surface area contributed by atoms with Crippen molar-refractivity contribution in [1.82, 2.24) is 4.98 Å². The van der Waals surface area contributed by atoms with Crippen molar-refractivity contribution in [1.29, 1.82) is 0 Å². The minimum atomic E-state index is -0.451. The molecule has 0 saturated heterocycles. The number of benzene rings is 1. The van der Waals surface area contributed by atoms with E-state index in [0.717, 1.165) is 15.6 Å². The second-order valence-electron chi connectivity index (χ2n) is 4.10. The van der Waals surface area contributed by atoms with Crippen molar-refractivity contribution in [2.75, 3.05) is 0 Å². The van der Waals surface area contributed by atoms with E-state index in [4.69, 9.17) is 4.74 Å². The zero-order valence-electron chi connectivity index (χ0n) is 10.3. The summed E-state index contributed by atoms with van der Waals surface area (Å²) in [6.07, 6.45) is 4.99. The van der Waals surface area contributed by atoms with E-state index in [2.05, 4.69) is 25.9 Å². The van der Waals surface area contributed by atoms with Crippen molar-refractivity contribution in [3.05, 3.63) is 70.1 Å². The Kier molecular flexibility index (Phi) is 3.43. The van der Waals surface area contributed by atoms with Gasteiger partial charge in [0.25, 0.3) is 0 Å². The summed E-state index contributed by atoms with van der Waals surface area (Å²) >= 11 is 3.41. The number of pyridine rings is 1. The molecule has 0 unspecified atom stereocenters. The summed E-state index contributed by atoms with van der Waals surface area (Å²) in [5, 5.41) is 0. The van der Waals surface area contributed by atoms with Crippen LogP contribution >= 0.6 is 15.9 Å². The highest BCUT2D eigenvalue weighted by atomic mass is 79.9. The smallest absolute Gasteiger partial charge is 0.363 e. The predicted octanol–water partition coefficient (Wildman–Crippen LogP) is 3.19. The summed E-state index contributed by atoms with van der Waals surface area (Å²) in [7, 11) is 0. The average Bonchev–Trinajstić information content (AvgIpc) is 2.81. The minimum Gasteiger partial charge on any atom is -0.402 e. The van der Waals surface area contributed by atoms with Gasteiger partial charge in [-0.3, -0.25) is 4.98 Å². The van der Waals surface area contributed by atoms with E-state index in [1.165, 1.54) is 0 Å². The maximum Gasteiger partial charge on any atom is 0.363 e. The third kappa shape index (κ3) is 2.53. The number of carbonyl (C=O) groups is 1. The highest BCUT2D eigenvalue weighted by Crippen LogP contribution is 2.23. The molecule has 2 heterocycles. The van der Waals surface area contributed by atoms with Crippen LogP contribution in [0.4, 0.5) is 0 Å². The molecule has 0 radical (unpaired) electrons. The van der Waals surface area contributed by atoms with E-state index >= 15 is 0 Å². The van der Waals surface area contributed by atoms with Gasteiger partial charge in [0.15, 0.2) is 5.70 Å². The first-order valence-corrected chi connectivity index (χ1v) is 6.71. The molecular formula is C15H9BrN2O2. The summed E-state index contributed by atoms with van der Waals surface area (Å²) in [6, 6.07) is 11.1. The molecule has 20 heavy (non-hydrogen) atoms. The first-order chi connectivity index (χ1) is 9.74. The van der Waals surface area contributed by atoms with Crippen molar-refractivity contribution in [3.8, 4) is 0 Å². The molecule has 1 aliphatic heterocycles. The molecule has 0 bridgehead atoms. The summed E-state index contributed by atoms with van der Waals surface area (Å²) in [5.74, 6) is -0.143. The van der Waals surface area contributed by atoms with E-state index in [0.29, 0.717) is 5.90 Å². The Morgan fingerprint density at radius 1 is 1.10 bits per heavy atom. The summed E-state index contributed by atoms with van der Waals surface area (Å²) in [4.78, 5) is 20.0. The molecule has 3 rings (SSSR count). The number of cyclic esters (lactones) is 1. The molecule has 98 valence electrons. The fourth-order valence-electron chi connectivity index (χ4n) is 1.78. The van der Waals surface area contributed by atoms with E-state index < -0.39 is 5.97 Å². The number of ether oxygens (including phenoxy) is 1. The molecule has 1 aromatic heterocycles. The zero-order valence-corrected chi connectivity index (χ0v) is 11.9. The van der Waals surface area contributed by atoms with Gasteiger partial charge in [0.1, 0.15) is 0 Å². The highest BCUT2D eigenvalue weighted by Gasteiger charge is 2.25. The van der Waals surface area contributed by atoms with E-state index in [-0.39, 0.29) is 5.70 Å². The Balaban J connectivity index is 1.98. The highest BCUT2D eigenvalue weighted by molar-refractivity contribution is 9.10. The topological polar surface area (TPSA) is 51.5 Å². The van der Waals surface area contributed by atoms with Gasteiger partial charge >= 0.3 is 5.97 Å². The van der Waals surface area contributed by atoms with Gasteiger partial charge in [-0.25, -0.2) is 9.79 Å². The van der Waals surface area contributed by atoms with Gasteiger partial charge < -0.3 is 4.74 Å². The molecule has 1 aromatic carbocycles. The van der Waals surface area contributed by atoms with Crippen LogP contribution in [0.5, 0.6) is 0 Å². The van der Waals surface area contributed by atoms with Crippen LogP contribution in [0, 0.1) is 0 Å². The standard InChI is InChI=1S/C15H9BrN2O2/c16-12-4-2-1-3-11(12)14-18-13(15(19)20-14)9-10-5-7-17-8-6-10/h1-9H. The normalized spacial score (nSPS) is 16.1. The summed E-state index contributed by atoms with van der Waals surface area (Å²) < 4.78 is 6.04. The lowest BCUT2D eigenvalue weighted by Crippen LogP contribution is -2.05. The van der Waals surface area contributed by atoms with Gasteiger partial charge in [0, 0.05) is 16.9 Å². The lowest BCUT2D eigenvalue weighted by molar-refractivity contribution is -0.129. The van der Waals surface area contributed by atoms with Crippen LogP contribution in [0.15, 0.2) is 64.0 Å². The fourth-order valence-corrected chi connectivity index (χ4v) is 2.23. The molecule has 0 saturated carbocycles. The Morgan fingerprint density at radius 2 is 1.85 bits per heavy atom. The fraction of sp³-hybridized carbons (Fsp3) is 0. The molecule has 4 nitrogen and oxygen atoms in total. The quantitative estimate of drug-likeness (QED) is 0.628. The number of carbonyl (C=O) groups excluding carboxylic acids is 1. The number of hydrogen-bond acceptors (Lipinski definition) is 4. The van der Waals surface area contributed by atoms with Crippen molar-refractivity contribution in [3.63, 3.8) is 0 Å². The van der Waals surface area contributed by atoms with Crippen LogP contribution in [0.1, 0.15) is 11.1 Å². The predicted molar refractivity (Wildman–Crippen MR) is 79.0 cm³/mol. The van der Waals surface area contributed by atoms with E-state index in [9.17, 15) is 4.79 Å². The van der Waals surface area contributed by atoms with Crippen molar-refractivity contribution in [2.45, 2.75) is 0 Å². The SMILES string of the molecule is O=C1OC(c2ccccc2Br)=NC1=Cc1ccncc1. The molecule has 0 amide bonds. The summed E-state index contributed by atoms with van der Waals surface area (Å²) in [6.45, 7) is 0. The van der Waals surface area contributed by atoms with Crippen LogP contribution in [-0.4, -0.2) is 16.9 Å². The third-order valence-electron chi connectivity index (χ3n) is 2.73. The van der Waals surface area contributed by atoms with Gasteiger partial charge in [-0.2, -0.15) is 0 Å². The van der Waals surface area contributed by atoms with Gasteiger partial charge in [0.05, 0.1) is 5.56 Å². The van der Waals surface area contributed by atoms with Gasteiger partial charge in [-0.1, -0.05) is 12.1 Å². The number of aromatic nitrogens is 1. The molecule has 1 aliphatic rings. The van der Waals surface area contributed by atoms with Crippen LogP contribution in [0.2, 0.25) is 0 Å². The molecule has 0 fully saturated rings. The minimum absolute atomic E-state index is 0.280. The molecule has 0 spiro atoms. The summed E-state index contributed by atoms with van der Waals surface area (Å²) in [5.41, 5.74) is 1.88. The maximum atomic E-state index is 11.8. The number of esters is 1. The largest absolute Gasteiger partial charge is 0.402 e. The molecule has 0 N–H and O–H groups in total. The second-order valence-corrected chi connectivity index (χ2v) is 4.95. The first kappa shape index (κ1) is 12.7. The average molecular weight is 329 g/mol. The number of nitrogens with zero attached hydrogens (tertiary/aromatic N) is 2. The zero-order chi connectivity index (χ0) is 13.9. The Labute approximate surface area is 124 Å². The maximum absolute atomic E-state index is 11.8. The number of aliphatic imine (C=N–C) groups is 1. The molecule has 2 aromatic rings. The van der Waals surface area contributed by atoms with Crippen LogP contribution in [0.3, 0.4) is 0 Å². The number of rotatable bonds is 2. The Hall–Kier alpha value is -2.27. The molecule has 0 aliphatic carbocycles. The second kappa shape index (κ2) is 5.38. The number of halogens is 1. The van der Waals surface area contributed by atoms with Gasteiger partial charge in [0.2, 0.25) is 5.90 Å².